The fourth-order valence-corrected chi connectivity index (χ4v) is 5.12. The zero-order valence-corrected chi connectivity index (χ0v) is 13.9. The van der Waals surface area contributed by atoms with Crippen LogP contribution in [0.3, 0.4) is 0 Å². The van der Waals surface area contributed by atoms with Gasteiger partial charge in [-0.05, 0) is 24.1 Å². The van der Waals surface area contributed by atoms with Gasteiger partial charge in [0, 0.05) is 12.2 Å². The normalized spacial score (nSPS) is 25.6. The fourth-order valence-electron chi connectivity index (χ4n) is 3.49. The van der Waals surface area contributed by atoms with Crippen molar-refractivity contribution in [1.29, 1.82) is 0 Å². The number of benzene rings is 2. The van der Waals surface area contributed by atoms with Crippen molar-refractivity contribution in [1.82, 2.24) is 4.90 Å². The van der Waals surface area contributed by atoms with Crippen molar-refractivity contribution in [2.45, 2.75) is 23.8 Å². The van der Waals surface area contributed by atoms with E-state index in [1.807, 2.05) is 48.5 Å². The van der Waals surface area contributed by atoms with Crippen LogP contribution >= 0.6 is 11.8 Å². The van der Waals surface area contributed by atoms with Gasteiger partial charge in [0.05, 0.1) is 0 Å². The first kappa shape index (κ1) is 15.3. The maximum Gasteiger partial charge on any atom is 0.335 e. The van der Waals surface area contributed by atoms with E-state index in [2.05, 4.69) is 0 Å². The molecule has 122 valence electrons. The minimum absolute atomic E-state index is 0.0267. The Labute approximate surface area is 144 Å². The molecule has 2 aliphatic rings. The summed E-state index contributed by atoms with van der Waals surface area (Å²) in [5.41, 5.74) is 1.08. The van der Waals surface area contributed by atoms with Crippen molar-refractivity contribution in [2.24, 2.45) is 0 Å². The van der Waals surface area contributed by atoms with Crippen LogP contribution in [0.1, 0.15) is 18.4 Å². The molecule has 0 saturated carbocycles. The number of fused-ring (bicyclic) bond motifs is 1. The van der Waals surface area contributed by atoms with Gasteiger partial charge in [-0.3, -0.25) is 4.79 Å². The minimum atomic E-state index is -0.537. The van der Waals surface area contributed by atoms with E-state index in [0.717, 1.165) is 12.0 Å². The Morgan fingerprint density at radius 3 is 2.46 bits per heavy atom. The highest BCUT2D eigenvalue weighted by molar-refractivity contribution is 8.00. The van der Waals surface area contributed by atoms with E-state index in [9.17, 15) is 9.59 Å². The van der Waals surface area contributed by atoms with Gasteiger partial charge < -0.3 is 9.64 Å². The van der Waals surface area contributed by atoms with Crippen LogP contribution in [-0.2, 0) is 14.5 Å². The van der Waals surface area contributed by atoms with Crippen molar-refractivity contribution in [3.63, 3.8) is 0 Å². The molecule has 5 heteroatoms. The first-order valence-corrected chi connectivity index (χ1v) is 8.98. The van der Waals surface area contributed by atoms with Crippen LogP contribution in [0, 0.1) is 0 Å². The van der Waals surface area contributed by atoms with Gasteiger partial charge in [-0.15, -0.1) is 11.8 Å². The molecule has 2 aliphatic heterocycles. The Bertz CT molecular complexity index is 765. The second kappa shape index (κ2) is 5.98. The van der Waals surface area contributed by atoms with Gasteiger partial charge in [0.2, 0.25) is 5.91 Å². The molecule has 0 radical (unpaired) electrons. The molecule has 2 aromatic carbocycles. The SMILES string of the molecule is O=C(Oc1ccccc1)[C@@H]1CS[C@]2(c3ccccc3)CCC(=O)N12. The number of thioether (sulfide) groups is 1. The van der Waals surface area contributed by atoms with E-state index in [-0.39, 0.29) is 11.9 Å². The van der Waals surface area contributed by atoms with Gasteiger partial charge in [0.15, 0.2) is 0 Å². The van der Waals surface area contributed by atoms with E-state index in [1.165, 1.54) is 0 Å². The third-order valence-corrected chi connectivity index (χ3v) is 6.18. The van der Waals surface area contributed by atoms with E-state index in [0.29, 0.717) is 17.9 Å². The van der Waals surface area contributed by atoms with E-state index < -0.39 is 10.9 Å². The summed E-state index contributed by atoms with van der Waals surface area (Å²) >= 11 is 1.67. The molecule has 0 unspecified atom stereocenters. The van der Waals surface area contributed by atoms with Crippen LogP contribution in [0.5, 0.6) is 5.75 Å². The third-order valence-electron chi connectivity index (χ3n) is 4.59. The summed E-state index contributed by atoms with van der Waals surface area (Å²) in [5.74, 6) is 0.740. The maximum atomic E-state index is 12.6. The van der Waals surface area contributed by atoms with Gasteiger partial charge in [0.1, 0.15) is 16.7 Å². The number of carbonyl (C=O) groups excluding carboxylic acids is 2. The Morgan fingerprint density at radius 2 is 1.75 bits per heavy atom. The van der Waals surface area contributed by atoms with Crippen LogP contribution in [0.15, 0.2) is 60.7 Å². The molecule has 2 aromatic rings. The molecule has 0 N–H and O–H groups in total. The molecular formula is C19H17NO3S. The molecule has 2 heterocycles. The highest BCUT2D eigenvalue weighted by Gasteiger charge is 2.57. The summed E-state index contributed by atoms with van der Waals surface area (Å²) < 4.78 is 5.49. The number of esters is 1. The topological polar surface area (TPSA) is 46.6 Å². The van der Waals surface area contributed by atoms with Crippen LogP contribution < -0.4 is 4.74 Å². The summed E-state index contributed by atoms with van der Waals surface area (Å²) in [6.45, 7) is 0. The van der Waals surface area contributed by atoms with Gasteiger partial charge in [-0.2, -0.15) is 0 Å². The maximum absolute atomic E-state index is 12.6. The molecule has 1 amide bonds. The fraction of sp³-hybridized carbons (Fsp3) is 0.263. The van der Waals surface area contributed by atoms with Crippen molar-refractivity contribution in [2.75, 3.05) is 5.75 Å². The minimum Gasteiger partial charge on any atom is -0.425 e. The number of carbonyl (C=O) groups is 2. The second-order valence-electron chi connectivity index (χ2n) is 5.98. The average Bonchev–Trinajstić information content (AvgIpc) is 3.16. The highest BCUT2D eigenvalue weighted by atomic mass is 32.2. The number of hydrogen-bond acceptors (Lipinski definition) is 4. The molecular weight excluding hydrogens is 322 g/mol. The highest BCUT2D eigenvalue weighted by Crippen LogP contribution is 2.54. The van der Waals surface area contributed by atoms with Crippen molar-refractivity contribution in [3.8, 4) is 5.75 Å². The van der Waals surface area contributed by atoms with Gasteiger partial charge in [-0.1, -0.05) is 48.5 Å². The number of amides is 1. The molecule has 0 bridgehead atoms. The van der Waals surface area contributed by atoms with Crippen LogP contribution in [0.2, 0.25) is 0 Å². The zero-order valence-electron chi connectivity index (χ0n) is 13.1. The summed E-state index contributed by atoms with van der Waals surface area (Å²) in [6.07, 6.45) is 1.20. The number of nitrogens with zero attached hydrogens (tertiary/aromatic N) is 1. The predicted molar refractivity (Wildman–Crippen MR) is 92.5 cm³/mol. The number of rotatable bonds is 3. The van der Waals surface area contributed by atoms with Crippen molar-refractivity contribution < 1.29 is 14.3 Å². The lowest BCUT2D eigenvalue weighted by molar-refractivity contribution is -0.146. The van der Waals surface area contributed by atoms with E-state index in [1.54, 1.807) is 28.8 Å². The first-order chi connectivity index (χ1) is 11.7. The Morgan fingerprint density at radius 1 is 1.08 bits per heavy atom. The van der Waals surface area contributed by atoms with E-state index >= 15 is 0 Å². The largest absolute Gasteiger partial charge is 0.425 e. The lowest BCUT2D eigenvalue weighted by Gasteiger charge is -2.33. The van der Waals surface area contributed by atoms with E-state index in [4.69, 9.17) is 4.74 Å². The molecule has 2 fully saturated rings. The first-order valence-electron chi connectivity index (χ1n) is 7.99. The molecule has 4 nitrogen and oxygen atoms in total. The zero-order chi connectivity index (χ0) is 16.6. The van der Waals surface area contributed by atoms with Crippen LogP contribution in [-0.4, -0.2) is 28.6 Å². The second-order valence-corrected chi connectivity index (χ2v) is 7.27. The molecule has 2 saturated heterocycles. The Hall–Kier alpha value is -2.27. The monoisotopic (exact) mass is 339 g/mol. The molecule has 2 atom stereocenters. The van der Waals surface area contributed by atoms with Gasteiger partial charge in [0.25, 0.3) is 0 Å². The molecule has 0 spiro atoms. The van der Waals surface area contributed by atoms with Crippen LogP contribution in [0.4, 0.5) is 0 Å². The average molecular weight is 339 g/mol. The summed E-state index contributed by atoms with van der Waals surface area (Å²) in [7, 11) is 0. The lowest BCUT2D eigenvalue weighted by Crippen LogP contribution is -2.47. The third kappa shape index (κ3) is 2.40. The lowest BCUT2D eigenvalue weighted by atomic mass is 10.0. The summed E-state index contributed by atoms with van der Waals surface area (Å²) in [5, 5.41) is 0. The Kier molecular flexibility index (Phi) is 3.81. The van der Waals surface area contributed by atoms with Crippen molar-refractivity contribution in [3.05, 3.63) is 66.2 Å². The number of hydrogen-bond donors (Lipinski definition) is 0. The Balaban J connectivity index is 1.62. The van der Waals surface area contributed by atoms with Gasteiger partial charge in [-0.25, -0.2) is 4.79 Å². The smallest absolute Gasteiger partial charge is 0.335 e. The standard InChI is InChI=1S/C19H17NO3S/c21-17-11-12-19(14-7-3-1-4-8-14)20(17)16(13-24-19)18(22)23-15-9-5-2-6-10-15/h1-10,16H,11-13H2/t16-,19-/m0/s1. The molecule has 24 heavy (non-hydrogen) atoms. The number of para-hydroxylation sites is 1. The van der Waals surface area contributed by atoms with Crippen molar-refractivity contribution >= 4 is 23.6 Å². The predicted octanol–water partition coefficient (Wildman–Crippen LogP) is 3.18. The quantitative estimate of drug-likeness (QED) is 0.636. The van der Waals surface area contributed by atoms with Gasteiger partial charge >= 0.3 is 5.97 Å². The number of ether oxygens (including phenoxy) is 1. The molecule has 4 rings (SSSR count). The summed E-state index contributed by atoms with van der Waals surface area (Å²) in [6, 6.07) is 18.4. The summed E-state index contributed by atoms with van der Waals surface area (Å²) in [4.78, 5) is 26.5. The molecule has 0 aromatic heterocycles. The molecule has 0 aliphatic carbocycles. The van der Waals surface area contributed by atoms with Crippen LogP contribution in [0.25, 0.3) is 0 Å².